The van der Waals surface area contributed by atoms with Crippen molar-refractivity contribution in [1.82, 2.24) is 10.2 Å². The summed E-state index contributed by atoms with van der Waals surface area (Å²) in [6.45, 7) is 2.15. The van der Waals surface area contributed by atoms with Crippen LogP contribution in [0.3, 0.4) is 0 Å². The van der Waals surface area contributed by atoms with Gasteiger partial charge in [-0.2, -0.15) is 0 Å². The Labute approximate surface area is 142 Å². The van der Waals surface area contributed by atoms with Crippen LogP contribution in [0.15, 0.2) is 36.4 Å². The van der Waals surface area contributed by atoms with Gasteiger partial charge in [-0.05, 0) is 56.4 Å². The van der Waals surface area contributed by atoms with Gasteiger partial charge in [0.25, 0.3) is 0 Å². The molecule has 24 heavy (non-hydrogen) atoms. The normalized spacial score (nSPS) is 17.6. The van der Waals surface area contributed by atoms with E-state index in [1.54, 1.807) is 0 Å². The number of carbonyl (C=O) groups is 1. The largest absolute Gasteiger partial charge is 0.355 e. The highest BCUT2D eigenvalue weighted by atomic mass is 16.2. The zero-order valence-corrected chi connectivity index (χ0v) is 13.7. The molecule has 1 aliphatic heterocycles. The number of amides is 1. The summed E-state index contributed by atoms with van der Waals surface area (Å²) in [5, 5.41) is 11.7. The zero-order chi connectivity index (χ0) is 16.4. The molecule has 0 unspecified atom stereocenters. The van der Waals surface area contributed by atoms with Gasteiger partial charge in [-0.15, -0.1) is 10.2 Å². The number of benzene rings is 1. The summed E-state index contributed by atoms with van der Waals surface area (Å²) in [6.07, 6.45) is 5.81. The van der Waals surface area contributed by atoms with Gasteiger partial charge >= 0.3 is 0 Å². The predicted octanol–water partition coefficient (Wildman–Crippen LogP) is 3.48. The lowest BCUT2D eigenvalue weighted by Crippen LogP contribution is -2.30. The molecule has 4 rings (SSSR count). The van der Waals surface area contributed by atoms with E-state index in [9.17, 15) is 4.79 Å². The van der Waals surface area contributed by atoms with E-state index in [1.165, 1.54) is 19.3 Å². The second-order valence-electron chi connectivity index (χ2n) is 6.67. The number of carbonyl (C=O) groups excluding carboxylic acids is 1. The van der Waals surface area contributed by atoms with Crippen LogP contribution >= 0.6 is 0 Å². The smallest absolute Gasteiger partial charge is 0.227 e. The molecule has 1 aliphatic carbocycles. The third kappa shape index (κ3) is 3.40. The van der Waals surface area contributed by atoms with Crippen molar-refractivity contribution >= 4 is 17.4 Å². The van der Waals surface area contributed by atoms with E-state index in [-0.39, 0.29) is 11.8 Å². The quantitative estimate of drug-likeness (QED) is 0.936. The summed E-state index contributed by atoms with van der Waals surface area (Å²) >= 11 is 0. The molecule has 2 fully saturated rings. The molecule has 0 atom stereocenters. The molecule has 0 spiro atoms. The van der Waals surface area contributed by atoms with Crippen LogP contribution in [0.2, 0.25) is 0 Å². The number of nitrogens with zero attached hydrogens (tertiary/aromatic N) is 3. The first-order valence-electron chi connectivity index (χ1n) is 8.79. The Hall–Kier alpha value is -2.43. The lowest BCUT2D eigenvalue weighted by molar-refractivity contribution is -0.117. The van der Waals surface area contributed by atoms with Crippen molar-refractivity contribution in [3.8, 4) is 11.3 Å². The first-order valence-corrected chi connectivity index (χ1v) is 8.79. The van der Waals surface area contributed by atoms with Crippen molar-refractivity contribution in [2.45, 2.75) is 32.1 Å². The molecule has 124 valence electrons. The maximum atomic E-state index is 11.8. The molecule has 2 aliphatic rings. The van der Waals surface area contributed by atoms with Gasteiger partial charge in [-0.3, -0.25) is 4.79 Å². The highest BCUT2D eigenvalue weighted by Crippen LogP contribution is 2.30. The van der Waals surface area contributed by atoms with Crippen molar-refractivity contribution < 1.29 is 4.79 Å². The molecule has 1 aromatic heterocycles. The molecule has 2 aromatic rings. The lowest BCUT2D eigenvalue weighted by atomic mass is 10.1. The molecule has 5 nitrogen and oxygen atoms in total. The summed E-state index contributed by atoms with van der Waals surface area (Å²) in [5.41, 5.74) is 2.71. The minimum Gasteiger partial charge on any atom is -0.355 e. The molecule has 2 heterocycles. The Balaban J connectivity index is 1.43. The molecule has 5 heteroatoms. The number of aromatic nitrogens is 2. The van der Waals surface area contributed by atoms with E-state index in [4.69, 9.17) is 0 Å². The number of anilines is 2. The van der Waals surface area contributed by atoms with Crippen molar-refractivity contribution in [3.63, 3.8) is 0 Å². The number of hydrogen-bond acceptors (Lipinski definition) is 4. The van der Waals surface area contributed by atoms with Crippen LogP contribution in [0.1, 0.15) is 32.1 Å². The minimum atomic E-state index is 0.133. The van der Waals surface area contributed by atoms with Crippen molar-refractivity contribution in [2.24, 2.45) is 5.92 Å². The van der Waals surface area contributed by atoms with Gasteiger partial charge in [0.15, 0.2) is 5.82 Å². The first-order chi connectivity index (χ1) is 11.8. The first kappa shape index (κ1) is 15.1. The fourth-order valence-corrected chi connectivity index (χ4v) is 3.09. The number of hydrogen-bond donors (Lipinski definition) is 1. The third-order valence-corrected chi connectivity index (χ3v) is 4.73. The van der Waals surface area contributed by atoms with E-state index in [0.29, 0.717) is 0 Å². The number of piperidine rings is 1. The lowest BCUT2D eigenvalue weighted by Gasteiger charge is -2.27. The molecular formula is C19H22N4O. The maximum Gasteiger partial charge on any atom is 0.227 e. The number of nitrogens with one attached hydrogen (secondary N) is 1. The Morgan fingerprint density at radius 1 is 0.958 bits per heavy atom. The van der Waals surface area contributed by atoms with E-state index in [0.717, 1.165) is 48.7 Å². The van der Waals surface area contributed by atoms with Gasteiger partial charge < -0.3 is 10.2 Å². The molecule has 0 bridgehead atoms. The van der Waals surface area contributed by atoms with E-state index >= 15 is 0 Å². The molecule has 1 aromatic carbocycles. The predicted molar refractivity (Wildman–Crippen MR) is 94.9 cm³/mol. The molecular weight excluding hydrogens is 300 g/mol. The third-order valence-electron chi connectivity index (χ3n) is 4.73. The van der Waals surface area contributed by atoms with Crippen LogP contribution in [0.5, 0.6) is 0 Å². The molecule has 1 saturated heterocycles. The van der Waals surface area contributed by atoms with Crippen LogP contribution in [0.25, 0.3) is 11.3 Å². The fraction of sp³-hybridized carbons (Fsp3) is 0.421. The summed E-state index contributed by atoms with van der Waals surface area (Å²) in [4.78, 5) is 14.1. The van der Waals surface area contributed by atoms with Crippen LogP contribution in [0, 0.1) is 5.92 Å². The van der Waals surface area contributed by atoms with Crippen molar-refractivity contribution in [2.75, 3.05) is 23.3 Å². The summed E-state index contributed by atoms with van der Waals surface area (Å²) in [7, 11) is 0. The second-order valence-corrected chi connectivity index (χ2v) is 6.67. The average Bonchev–Trinajstić information content (AvgIpc) is 3.49. The summed E-state index contributed by atoms with van der Waals surface area (Å²) < 4.78 is 0. The highest BCUT2D eigenvalue weighted by Gasteiger charge is 2.29. The van der Waals surface area contributed by atoms with Crippen LogP contribution < -0.4 is 10.2 Å². The molecule has 0 radical (unpaired) electrons. The Bertz CT molecular complexity index is 701. The highest BCUT2D eigenvalue weighted by molar-refractivity contribution is 5.94. The molecule has 1 amide bonds. The van der Waals surface area contributed by atoms with Gasteiger partial charge in [-0.1, -0.05) is 12.1 Å². The maximum absolute atomic E-state index is 11.8. The summed E-state index contributed by atoms with van der Waals surface area (Å²) in [6, 6.07) is 11.9. The second kappa shape index (κ2) is 6.59. The zero-order valence-electron chi connectivity index (χ0n) is 13.7. The monoisotopic (exact) mass is 322 g/mol. The van der Waals surface area contributed by atoms with Crippen molar-refractivity contribution in [1.29, 1.82) is 0 Å². The Morgan fingerprint density at radius 3 is 2.33 bits per heavy atom. The van der Waals surface area contributed by atoms with Gasteiger partial charge in [0.1, 0.15) is 0 Å². The van der Waals surface area contributed by atoms with Crippen molar-refractivity contribution in [3.05, 3.63) is 36.4 Å². The standard InChI is InChI=1S/C19H22N4O/c24-19(15-4-5-15)20-16-8-6-14(7-9-16)17-10-11-18(22-21-17)23-12-2-1-3-13-23/h6-11,15H,1-5,12-13H2,(H,20,24). The van der Waals surface area contributed by atoms with E-state index in [1.807, 2.05) is 30.3 Å². The average molecular weight is 322 g/mol. The van der Waals surface area contributed by atoms with Crippen LogP contribution in [0.4, 0.5) is 11.5 Å². The number of rotatable bonds is 4. The molecule has 1 saturated carbocycles. The fourth-order valence-electron chi connectivity index (χ4n) is 3.09. The van der Waals surface area contributed by atoms with Gasteiger partial charge in [-0.25, -0.2) is 0 Å². The topological polar surface area (TPSA) is 58.1 Å². The van der Waals surface area contributed by atoms with Crippen LogP contribution in [-0.2, 0) is 4.79 Å². The van der Waals surface area contributed by atoms with Gasteiger partial charge in [0.05, 0.1) is 5.69 Å². The van der Waals surface area contributed by atoms with E-state index < -0.39 is 0 Å². The minimum absolute atomic E-state index is 0.133. The Kier molecular flexibility index (Phi) is 4.15. The SMILES string of the molecule is O=C(Nc1ccc(-c2ccc(N3CCCCC3)nn2)cc1)C1CC1. The van der Waals surface area contributed by atoms with E-state index in [2.05, 4.69) is 26.5 Å². The van der Waals surface area contributed by atoms with Crippen LogP contribution in [-0.4, -0.2) is 29.2 Å². The Morgan fingerprint density at radius 2 is 1.71 bits per heavy atom. The molecule has 1 N–H and O–H groups in total. The summed E-state index contributed by atoms with van der Waals surface area (Å²) in [5.74, 6) is 1.32. The van der Waals surface area contributed by atoms with Gasteiger partial charge in [0.2, 0.25) is 5.91 Å². The van der Waals surface area contributed by atoms with Gasteiger partial charge in [0, 0.05) is 30.3 Å².